The molecule has 13 heavy (non-hydrogen) atoms. The molecule has 66 valence electrons. The van der Waals surface area contributed by atoms with Gasteiger partial charge in [0.15, 0.2) is 0 Å². The molecule has 0 atom stereocenters. The Hall–Kier alpha value is -0.500. The van der Waals surface area contributed by atoms with Crippen molar-refractivity contribution in [2.45, 2.75) is 0 Å². The average molecular weight is 229 g/mol. The summed E-state index contributed by atoms with van der Waals surface area (Å²) in [5, 5.41) is 0.756. The molecule has 0 aliphatic carbocycles. The second-order valence-electron chi connectivity index (χ2n) is 2.61. The standard InChI is InChI=1S/C10H6Cl2S/c11-8-3-1-7(2-4-8)9-5-6-10(12)13-9/h1-6H. The lowest BCUT2D eigenvalue weighted by Crippen LogP contribution is -1.69. The second kappa shape index (κ2) is 3.70. The first-order valence-electron chi connectivity index (χ1n) is 3.77. The van der Waals surface area contributed by atoms with Crippen molar-refractivity contribution in [2.75, 3.05) is 0 Å². The molecule has 0 fully saturated rings. The number of benzene rings is 1. The molecule has 0 bridgehead atoms. The number of hydrogen-bond acceptors (Lipinski definition) is 1. The van der Waals surface area contributed by atoms with Crippen molar-refractivity contribution in [2.24, 2.45) is 0 Å². The summed E-state index contributed by atoms with van der Waals surface area (Å²) in [5.74, 6) is 0. The zero-order valence-electron chi connectivity index (χ0n) is 6.63. The minimum absolute atomic E-state index is 0.756. The van der Waals surface area contributed by atoms with Gasteiger partial charge in [-0.05, 0) is 29.8 Å². The van der Waals surface area contributed by atoms with Gasteiger partial charge in [0, 0.05) is 9.90 Å². The normalized spacial score (nSPS) is 10.3. The molecule has 0 spiro atoms. The lowest BCUT2D eigenvalue weighted by atomic mass is 10.2. The summed E-state index contributed by atoms with van der Waals surface area (Å²) in [6.07, 6.45) is 0. The minimum Gasteiger partial charge on any atom is -0.123 e. The maximum absolute atomic E-state index is 5.83. The Bertz CT molecular complexity index is 403. The Morgan fingerprint density at radius 2 is 1.54 bits per heavy atom. The van der Waals surface area contributed by atoms with Gasteiger partial charge in [0.05, 0.1) is 4.34 Å². The molecule has 0 amide bonds. The summed E-state index contributed by atoms with van der Waals surface area (Å²) in [7, 11) is 0. The molecule has 0 N–H and O–H groups in total. The Kier molecular flexibility index (Phi) is 2.58. The van der Waals surface area contributed by atoms with Gasteiger partial charge in [0.1, 0.15) is 0 Å². The molecule has 3 heteroatoms. The van der Waals surface area contributed by atoms with E-state index in [1.165, 1.54) is 4.88 Å². The van der Waals surface area contributed by atoms with Crippen molar-refractivity contribution in [1.82, 2.24) is 0 Å². The number of thiophene rings is 1. The van der Waals surface area contributed by atoms with Crippen LogP contribution in [-0.4, -0.2) is 0 Å². The van der Waals surface area contributed by atoms with Gasteiger partial charge in [-0.2, -0.15) is 0 Å². The summed E-state index contributed by atoms with van der Waals surface area (Å²) in [5.41, 5.74) is 1.15. The van der Waals surface area contributed by atoms with Crippen LogP contribution in [0.2, 0.25) is 9.36 Å². The van der Waals surface area contributed by atoms with Crippen molar-refractivity contribution in [3.8, 4) is 10.4 Å². The van der Waals surface area contributed by atoms with Crippen molar-refractivity contribution in [1.29, 1.82) is 0 Å². The van der Waals surface area contributed by atoms with Crippen molar-refractivity contribution in [3.05, 3.63) is 45.8 Å². The van der Waals surface area contributed by atoms with Crippen LogP contribution in [0, 0.1) is 0 Å². The molecular formula is C10H6Cl2S. The van der Waals surface area contributed by atoms with E-state index < -0.39 is 0 Å². The van der Waals surface area contributed by atoms with E-state index in [9.17, 15) is 0 Å². The minimum atomic E-state index is 0.756. The Balaban J connectivity index is 2.41. The lowest BCUT2D eigenvalue weighted by molar-refractivity contribution is 1.70. The Morgan fingerprint density at radius 1 is 0.846 bits per heavy atom. The van der Waals surface area contributed by atoms with Crippen molar-refractivity contribution >= 4 is 34.5 Å². The molecule has 1 aromatic carbocycles. The third-order valence-electron chi connectivity index (χ3n) is 1.70. The van der Waals surface area contributed by atoms with Gasteiger partial charge in [0.2, 0.25) is 0 Å². The summed E-state index contributed by atoms with van der Waals surface area (Å²) in [6.45, 7) is 0. The molecule has 0 saturated carbocycles. The lowest BCUT2D eigenvalue weighted by Gasteiger charge is -1.95. The van der Waals surface area contributed by atoms with Gasteiger partial charge < -0.3 is 0 Å². The van der Waals surface area contributed by atoms with Gasteiger partial charge in [-0.3, -0.25) is 0 Å². The van der Waals surface area contributed by atoms with E-state index in [4.69, 9.17) is 23.2 Å². The van der Waals surface area contributed by atoms with Crippen LogP contribution in [0.3, 0.4) is 0 Å². The monoisotopic (exact) mass is 228 g/mol. The maximum atomic E-state index is 5.83. The molecule has 2 rings (SSSR count). The molecule has 0 radical (unpaired) electrons. The highest BCUT2D eigenvalue weighted by Crippen LogP contribution is 2.31. The molecule has 1 heterocycles. The summed E-state index contributed by atoms with van der Waals surface area (Å²) in [6, 6.07) is 11.6. The molecular weight excluding hydrogens is 223 g/mol. The van der Waals surface area contributed by atoms with E-state index in [1.54, 1.807) is 11.3 Å². The first-order valence-corrected chi connectivity index (χ1v) is 5.34. The molecule has 0 unspecified atom stereocenters. The van der Waals surface area contributed by atoms with Crippen LogP contribution < -0.4 is 0 Å². The van der Waals surface area contributed by atoms with Crippen LogP contribution in [0.4, 0.5) is 0 Å². The fourth-order valence-corrected chi connectivity index (χ4v) is 2.26. The fraction of sp³-hybridized carbons (Fsp3) is 0. The third-order valence-corrected chi connectivity index (χ3v) is 3.23. The highest BCUT2D eigenvalue weighted by Gasteiger charge is 2.00. The first-order chi connectivity index (χ1) is 6.25. The highest BCUT2D eigenvalue weighted by molar-refractivity contribution is 7.19. The van der Waals surface area contributed by atoms with Gasteiger partial charge in [-0.1, -0.05) is 35.3 Å². The largest absolute Gasteiger partial charge is 0.123 e. The van der Waals surface area contributed by atoms with Gasteiger partial charge in [-0.15, -0.1) is 11.3 Å². The molecule has 1 aromatic heterocycles. The van der Waals surface area contributed by atoms with Crippen LogP contribution in [0.5, 0.6) is 0 Å². The van der Waals surface area contributed by atoms with Gasteiger partial charge in [-0.25, -0.2) is 0 Å². The van der Waals surface area contributed by atoms with Crippen molar-refractivity contribution in [3.63, 3.8) is 0 Å². The molecule has 0 aliphatic heterocycles. The van der Waals surface area contributed by atoms with E-state index >= 15 is 0 Å². The molecule has 0 aliphatic rings. The number of rotatable bonds is 1. The van der Waals surface area contributed by atoms with E-state index in [0.29, 0.717) is 0 Å². The molecule has 2 aromatic rings. The van der Waals surface area contributed by atoms with Crippen LogP contribution in [0.25, 0.3) is 10.4 Å². The zero-order valence-corrected chi connectivity index (χ0v) is 8.96. The van der Waals surface area contributed by atoms with Crippen LogP contribution in [0.1, 0.15) is 0 Å². The first kappa shape index (κ1) is 9.07. The van der Waals surface area contributed by atoms with Crippen LogP contribution >= 0.6 is 34.5 Å². The van der Waals surface area contributed by atoms with E-state index in [-0.39, 0.29) is 0 Å². The number of halogens is 2. The SMILES string of the molecule is Clc1ccc(-c2ccc(Cl)s2)cc1. The van der Waals surface area contributed by atoms with Gasteiger partial charge in [0.25, 0.3) is 0 Å². The predicted octanol–water partition coefficient (Wildman–Crippen LogP) is 4.72. The quantitative estimate of drug-likeness (QED) is 0.663. The highest BCUT2D eigenvalue weighted by atomic mass is 35.5. The summed E-state index contributed by atoms with van der Waals surface area (Å²) >= 11 is 13.2. The zero-order chi connectivity index (χ0) is 9.26. The molecule has 0 saturated heterocycles. The topological polar surface area (TPSA) is 0 Å². The predicted molar refractivity (Wildman–Crippen MR) is 59.8 cm³/mol. The molecule has 0 nitrogen and oxygen atoms in total. The summed E-state index contributed by atoms with van der Waals surface area (Å²) in [4.78, 5) is 1.17. The van der Waals surface area contributed by atoms with E-state index in [2.05, 4.69) is 0 Å². The van der Waals surface area contributed by atoms with Gasteiger partial charge >= 0.3 is 0 Å². The van der Waals surface area contributed by atoms with Crippen molar-refractivity contribution < 1.29 is 0 Å². The van der Waals surface area contributed by atoms with E-state index in [1.807, 2.05) is 36.4 Å². The summed E-state index contributed by atoms with van der Waals surface area (Å²) < 4.78 is 0.810. The van der Waals surface area contributed by atoms with Crippen LogP contribution in [-0.2, 0) is 0 Å². The Labute approximate surface area is 90.7 Å². The Morgan fingerprint density at radius 3 is 2.08 bits per heavy atom. The number of hydrogen-bond donors (Lipinski definition) is 0. The van der Waals surface area contributed by atoms with Crippen LogP contribution in [0.15, 0.2) is 36.4 Å². The smallest absolute Gasteiger partial charge is 0.0934 e. The average Bonchev–Trinajstić information content (AvgIpc) is 2.53. The van der Waals surface area contributed by atoms with E-state index in [0.717, 1.165) is 14.9 Å². The third kappa shape index (κ3) is 2.05. The maximum Gasteiger partial charge on any atom is 0.0934 e. The second-order valence-corrected chi connectivity index (χ2v) is 4.76. The fourth-order valence-electron chi connectivity index (χ4n) is 1.08.